The van der Waals surface area contributed by atoms with E-state index in [0.29, 0.717) is 6.61 Å². The van der Waals surface area contributed by atoms with Gasteiger partial charge in [-0.1, -0.05) is 25.0 Å². The van der Waals surface area contributed by atoms with Crippen molar-refractivity contribution in [1.29, 1.82) is 0 Å². The second-order valence-corrected chi connectivity index (χ2v) is 4.06. The van der Waals surface area contributed by atoms with E-state index in [1.165, 1.54) is 19.3 Å². The lowest BCUT2D eigenvalue weighted by Gasteiger charge is -2.11. The molecule has 1 aromatic rings. The fraction of sp³-hybridized carbons (Fsp3) is 0.571. The first-order chi connectivity index (χ1) is 8.38. The van der Waals surface area contributed by atoms with E-state index in [4.69, 9.17) is 10.5 Å². The van der Waals surface area contributed by atoms with Crippen LogP contribution in [0.5, 0.6) is 5.75 Å². The van der Waals surface area contributed by atoms with Crippen LogP contribution >= 0.6 is 0 Å². The third-order valence-corrected chi connectivity index (χ3v) is 2.63. The summed E-state index contributed by atoms with van der Waals surface area (Å²) in [5, 5.41) is 3.42. The standard InChI is InChI=1S/C14H24N2O/c1-2-17-14-10-6-5-9-13(14)16-12-8-4-3-7-11-15/h5-6,9-10,16H,2-4,7-8,11-12,15H2,1H3. The minimum absolute atomic E-state index is 0.704. The molecule has 0 aliphatic rings. The molecule has 0 aliphatic heterocycles. The number of rotatable bonds is 9. The zero-order valence-corrected chi connectivity index (χ0v) is 10.7. The molecule has 3 nitrogen and oxygen atoms in total. The Morgan fingerprint density at radius 2 is 1.88 bits per heavy atom. The van der Waals surface area contributed by atoms with Gasteiger partial charge in [0.1, 0.15) is 5.75 Å². The van der Waals surface area contributed by atoms with E-state index in [-0.39, 0.29) is 0 Å². The number of hydrogen-bond donors (Lipinski definition) is 2. The summed E-state index contributed by atoms with van der Waals surface area (Å²) in [6.07, 6.45) is 4.78. The Morgan fingerprint density at radius 3 is 2.65 bits per heavy atom. The van der Waals surface area contributed by atoms with Gasteiger partial charge in [-0.2, -0.15) is 0 Å². The first-order valence-corrected chi connectivity index (χ1v) is 6.54. The maximum Gasteiger partial charge on any atom is 0.142 e. The van der Waals surface area contributed by atoms with E-state index in [1.54, 1.807) is 0 Å². The first kappa shape index (κ1) is 13.8. The Balaban J connectivity index is 2.25. The zero-order valence-electron chi connectivity index (χ0n) is 10.7. The minimum Gasteiger partial charge on any atom is -0.492 e. The summed E-state index contributed by atoms with van der Waals surface area (Å²) < 4.78 is 5.55. The van der Waals surface area contributed by atoms with E-state index in [9.17, 15) is 0 Å². The highest BCUT2D eigenvalue weighted by atomic mass is 16.5. The Labute approximate surface area is 104 Å². The molecule has 0 bridgehead atoms. The Hall–Kier alpha value is -1.22. The second kappa shape index (κ2) is 8.88. The van der Waals surface area contributed by atoms with E-state index in [1.807, 2.05) is 25.1 Å². The largest absolute Gasteiger partial charge is 0.492 e. The van der Waals surface area contributed by atoms with Crippen molar-refractivity contribution in [2.24, 2.45) is 5.73 Å². The summed E-state index contributed by atoms with van der Waals surface area (Å²) in [5.74, 6) is 0.942. The molecule has 1 aromatic carbocycles. The fourth-order valence-corrected chi connectivity index (χ4v) is 1.74. The predicted molar refractivity (Wildman–Crippen MR) is 73.6 cm³/mol. The minimum atomic E-state index is 0.704. The van der Waals surface area contributed by atoms with Crippen LogP contribution in [0.4, 0.5) is 5.69 Å². The summed E-state index contributed by atoms with van der Waals surface area (Å²) in [6, 6.07) is 8.09. The third-order valence-electron chi connectivity index (χ3n) is 2.63. The molecule has 0 radical (unpaired) electrons. The maximum absolute atomic E-state index is 5.55. The van der Waals surface area contributed by atoms with Crippen molar-refractivity contribution in [3.8, 4) is 5.75 Å². The molecule has 0 spiro atoms. The highest BCUT2D eigenvalue weighted by Gasteiger charge is 2.00. The second-order valence-electron chi connectivity index (χ2n) is 4.06. The van der Waals surface area contributed by atoms with Gasteiger partial charge >= 0.3 is 0 Å². The summed E-state index contributed by atoms with van der Waals surface area (Å²) in [4.78, 5) is 0. The van der Waals surface area contributed by atoms with Crippen molar-refractivity contribution >= 4 is 5.69 Å². The highest BCUT2D eigenvalue weighted by molar-refractivity contribution is 5.56. The lowest BCUT2D eigenvalue weighted by molar-refractivity contribution is 0.341. The zero-order chi connectivity index (χ0) is 12.3. The monoisotopic (exact) mass is 236 g/mol. The van der Waals surface area contributed by atoms with Gasteiger partial charge in [0.25, 0.3) is 0 Å². The number of nitrogens with two attached hydrogens (primary N) is 1. The quantitative estimate of drug-likeness (QED) is 0.648. The molecule has 17 heavy (non-hydrogen) atoms. The number of unbranched alkanes of at least 4 members (excludes halogenated alkanes) is 3. The van der Waals surface area contributed by atoms with Gasteiger partial charge in [-0.25, -0.2) is 0 Å². The molecule has 0 atom stereocenters. The molecule has 0 fully saturated rings. The normalized spacial score (nSPS) is 10.2. The van der Waals surface area contributed by atoms with Crippen LogP contribution in [0.25, 0.3) is 0 Å². The van der Waals surface area contributed by atoms with E-state index in [0.717, 1.165) is 30.9 Å². The van der Waals surface area contributed by atoms with Crippen LogP contribution in [0.3, 0.4) is 0 Å². The summed E-state index contributed by atoms with van der Waals surface area (Å²) in [6.45, 7) is 4.51. The molecule has 0 amide bonds. The molecule has 3 heteroatoms. The molecule has 0 aromatic heterocycles. The smallest absolute Gasteiger partial charge is 0.142 e. The van der Waals surface area contributed by atoms with Crippen molar-refractivity contribution in [3.05, 3.63) is 24.3 Å². The number of ether oxygens (including phenoxy) is 1. The number of anilines is 1. The molecular weight excluding hydrogens is 212 g/mol. The van der Waals surface area contributed by atoms with Crippen LogP contribution in [0, 0.1) is 0 Å². The van der Waals surface area contributed by atoms with Crippen LogP contribution in [-0.4, -0.2) is 19.7 Å². The predicted octanol–water partition coefficient (Wildman–Crippen LogP) is 3.02. The summed E-state index contributed by atoms with van der Waals surface area (Å²) >= 11 is 0. The van der Waals surface area contributed by atoms with Gasteiger partial charge in [0.2, 0.25) is 0 Å². The Morgan fingerprint density at radius 1 is 1.12 bits per heavy atom. The van der Waals surface area contributed by atoms with Crippen LogP contribution in [0.15, 0.2) is 24.3 Å². The van der Waals surface area contributed by atoms with E-state index in [2.05, 4.69) is 11.4 Å². The molecule has 0 aliphatic carbocycles. The van der Waals surface area contributed by atoms with Crippen molar-refractivity contribution in [3.63, 3.8) is 0 Å². The van der Waals surface area contributed by atoms with Gasteiger partial charge in [-0.05, 0) is 38.4 Å². The molecule has 0 saturated carbocycles. The van der Waals surface area contributed by atoms with Crippen molar-refractivity contribution in [2.45, 2.75) is 32.6 Å². The van der Waals surface area contributed by atoms with Crippen molar-refractivity contribution < 1.29 is 4.74 Å². The van der Waals surface area contributed by atoms with Crippen LogP contribution in [-0.2, 0) is 0 Å². The highest BCUT2D eigenvalue weighted by Crippen LogP contribution is 2.23. The van der Waals surface area contributed by atoms with Crippen molar-refractivity contribution in [2.75, 3.05) is 25.0 Å². The number of benzene rings is 1. The van der Waals surface area contributed by atoms with E-state index < -0.39 is 0 Å². The topological polar surface area (TPSA) is 47.3 Å². The number of nitrogens with one attached hydrogen (secondary N) is 1. The maximum atomic E-state index is 5.55. The average Bonchev–Trinajstić information content (AvgIpc) is 2.36. The number of para-hydroxylation sites is 2. The Kier molecular flexibility index (Phi) is 7.23. The first-order valence-electron chi connectivity index (χ1n) is 6.54. The third kappa shape index (κ3) is 5.59. The van der Waals surface area contributed by atoms with Gasteiger partial charge in [0.05, 0.1) is 12.3 Å². The molecular formula is C14H24N2O. The Bertz CT molecular complexity index is 302. The van der Waals surface area contributed by atoms with Gasteiger partial charge in [-0.3, -0.25) is 0 Å². The molecule has 3 N–H and O–H groups in total. The summed E-state index contributed by atoms with van der Waals surface area (Å²) in [7, 11) is 0. The number of hydrogen-bond acceptors (Lipinski definition) is 3. The van der Waals surface area contributed by atoms with E-state index >= 15 is 0 Å². The van der Waals surface area contributed by atoms with Gasteiger partial charge in [0, 0.05) is 6.54 Å². The van der Waals surface area contributed by atoms with Gasteiger partial charge in [0.15, 0.2) is 0 Å². The fourth-order valence-electron chi connectivity index (χ4n) is 1.74. The van der Waals surface area contributed by atoms with Crippen LogP contribution in [0.1, 0.15) is 32.6 Å². The van der Waals surface area contributed by atoms with Gasteiger partial charge in [-0.15, -0.1) is 0 Å². The van der Waals surface area contributed by atoms with Crippen LogP contribution in [0.2, 0.25) is 0 Å². The molecule has 96 valence electrons. The average molecular weight is 236 g/mol. The molecule has 0 unspecified atom stereocenters. The molecule has 0 saturated heterocycles. The molecule has 1 rings (SSSR count). The lowest BCUT2D eigenvalue weighted by atomic mass is 10.2. The molecule has 0 heterocycles. The van der Waals surface area contributed by atoms with Crippen LogP contribution < -0.4 is 15.8 Å². The lowest BCUT2D eigenvalue weighted by Crippen LogP contribution is -2.04. The summed E-state index contributed by atoms with van der Waals surface area (Å²) in [5.41, 5.74) is 6.55. The van der Waals surface area contributed by atoms with Gasteiger partial charge < -0.3 is 15.8 Å². The SMILES string of the molecule is CCOc1ccccc1NCCCCCCN. The van der Waals surface area contributed by atoms with Crippen molar-refractivity contribution in [1.82, 2.24) is 0 Å².